The monoisotopic (exact) mass is 572 g/mol. The molecular weight excluding hydrogens is 538 g/mol. The summed E-state index contributed by atoms with van der Waals surface area (Å²) in [5, 5.41) is 17.2. The van der Waals surface area contributed by atoms with Crippen LogP contribution in [0.15, 0.2) is 84.0 Å². The molecule has 0 bridgehead atoms. The van der Waals surface area contributed by atoms with Crippen molar-refractivity contribution in [3.05, 3.63) is 108 Å². The Morgan fingerprint density at radius 1 is 0.857 bits per heavy atom. The van der Waals surface area contributed by atoms with Gasteiger partial charge in [-0.3, -0.25) is 12.2 Å². The van der Waals surface area contributed by atoms with E-state index in [-0.39, 0.29) is 28.6 Å². The topological polar surface area (TPSA) is 40.5 Å². The van der Waals surface area contributed by atoms with Crippen LogP contribution in [-0.2, 0) is 23.3 Å². The van der Waals surface area contributed by atoms with E-state index in [0.717, 1.165) is 12.8 Å². The summed E-state index contributed by atoms with van der Waals surface area (Å²) in [5.74, 6) is -0.483. The van der Waals surface area contributed by atoms with Crippen LogP contribution in [0.5, 0.6) is 11.5 Å². The predicted molar refractivity (Wildman–Crippen MR) is 140 cm³/mol. The standard InChI is InChI=1S/C9H13.2C6H5FO.C6H7.C2H6Si.Zr/c1-9(2,3)8-6-4-5-7-8;2*7-5-1-3-6(8)4-2-5;1-6-4-2-3-5-6;1-3-2;/h6-7H,4H2,1-3H3;2*1-4,8H;2,4H,5H2,1H3;1-2H3;/q-1;;;-1;;+2. The Hall–Kier alpha value is -2.04. The number of hydrogen-bond donors (Lipinski definition) is 2. The third kappa shape index (κ3) is 19.9. The van der Waals surface area contributed by atoms with Gasteiger partial charge in [0.25, 0.3) is 0 Å². The summed E-state index contributed by atoms with van der Waals surface area (Å²) in [5.41, 5.74) is 3.36. The molecule has 2 aliphatic rings. The molecule has 2 aromatic carbocycles. The molecule has 2 N–H and O–H groups in total. The van der Waals surface area contributed by atoms with Gasteiger partial charge in [0.1, 0.15) is 23.1 Å². The second-order valence-electron chi connectivity index (χ2n) is 8.98. The van der Waals surface area contributed by atoms with Gasteiger partial charge in [0.15, 0.2) is 0 Å². The minimum atomic E-state index is -0.331. The second-order valence-corrected chi connectivity index (χ2v) is 18.3. The Kier molecular flexibility index (Phi) is 17.2. The van der Waals surface area contributed by atoms with Gasteiger partial charge in [0.2, 0.25) is 0 Å². The number of benzene rings is 2. The molecular formula is C29H36F2O2SiZr. The Balaban J connectivity index is 0.000000422. The van der Waals surface area contributed by atoms with E-state index >= 15 is 0 Å². The first-order chi connectivity index (χ1) is 16.3. The van der Waals surface area contributed by atoms with Gasteiger partial charge in [-0.1, -0.05) is 33.1 Å². The quantitative estimate of drug-likeness (QED) is 0.246. The van der Waals surface area contributed by atoms with E-state index in [1.807, 2.05) is 6.08 Å². The molecule has 35 heavy (non-hydrogen) atoms. The van der Waals surface area contributed by atoms with Gasteiger partial charge < -0.3 is 10.2 Å². The summed E-state index contributed by atoms with van der Waals surface area (Å²) in [7, 11) is 0. The Morgan fingerprint density at radius 3 is 1.46 bits per heavy atom. The summed E-state index contributed by atoms with van der Waals surface area (Å²) in [6, 6.07) is 10.0. The third-order valence-electron chi connectivity index (χ3n) is 4.08. The van der Waals surface area contributed by atoms with Gasteiger partial charge in [-0.25, -0.2) is 27.0 Å². The predicted octanol–water partition coefficient (Wildman–Crippen LogP) is 8.26. The fourth-order valence-corrected chi connectivity index (χ4v) is 2.28. The van der Waals surface area contributed by atoms with Gasteiger partial charge in [-0.2, -0.15) is 17.2 Å². The largest absolute Gasteiger partial charge is 0.508 e. The normalized spacial score (nSPS) is 12.9. The molecule has 0 aliphatic heterocycles. The molecule has 0 spiro atoms. The van der Waals surface area contributed by atoms with Crippen molar-refractivity contribution >= 4 is 5.43 Å². The van der Waals surface area contributed by atoms with Crippen molar-refractivity contribution in [2.75, 3.05) is 0 Å². The Morgan fingerprint density at radius 2 is 1.29 bits per heavy atom. The molecule has 0 amide bonds. The molecule has 0 fully saturated rings. The zero-order valence-corrected chi connectivity index (χ0v) is 25.0. The molecule has 0 atom stereocenters. The van der Waals surface area contributed by atoms with Crippen molar-refractivity contribution in [3.63, 3.8) is 0 Å². The minimum absolute atomic E-state index is 0.0893. The smallest absolute Gasteiger partial charge is 0.123 e. The van der Waals surface area contributed by atoms with Gasteiger partial charge in [0.05, 0.1) is 0 Å². The molecule has 186 valence electrons. The fraction of sp³-hybridized carbons (Fsp3) is 0.310. The maximum absolute atomic E-state index is 12.0. The molecule has 0 radical (unpaired) electrons. The van der Waals surface area contributed by atoms with E-state index in [4.69, 9.17) is 10.2 Å². The molecule has 0 aromatic heterocycles. The summed E-state index contributed by atoms with van der Waals surface area (Å²) in [6.07, 6.45) is 16.6. The van der Waals surface area contributed by atoms with Crippen molar-refractivity contribution in [1.82, 2.24) is 0 Å². The minimum Gasteiger partial charge on any atom is -0.508 e. The van der Waals surface area contributed by atoms with E-state index in [0.29, 0.717) is 5.41 Å². The second kappa shape index (κ2) is 18.3. The molecule has 2 aliphatic carbocycles. The van der Waals surface area contributed by atoms with Crippen molar-refractivity contribution < 1.29 is 42.3 Å². The van der Waals surface area contributed by atoms with Crippen molar-refractivity contribution in [3.8, 4) is 11.5 Å². The maximum Gasteiger partial charge on any atom is 0.123 e. The van der Waals surface area contributed by atoms with Crippen LogP contribution in [0.1, 0.15) is 40.5 Å². The van der Waals surface area contributed by atoms with Gasteiger partial charge in [-0.05, 0) is 48.5 Å². The molecule has 4 rings (SSSR count). The summed E-state index contributed by atoms with van der Waals surface area (Å²) < 4.78 is 24.0. The van der Waals surface area contributed by atoms with Gasteiger partial charge in [0, 0.05) is 0 Å². The van der Waals surface area contributed by atoms with E-state index in [9.17, 15) is 8.78 Å². The SMILES string of the molecule is CC(C)(C)C1=CC[C-]=C1.CC1=CC=[C-]C1.C[Si](C)=[Zr+2].Oc1ccc(F)cc1.Oc1ccc(F)cc1. The van der Waals surface area contributed by atoms with Crippen molar-refractivity contribution in [1.29, 1.82) is 0 Å². The van der Waals surface area contributed by atoms with Crippen LogP contribution in [0.3, 0.4) is 0 Å². The molecule has 0 saturated heterocycles. The number of aromatic hydroxyl groups is 2. The number of halogens is 2. The number of allylic oxidation sites excluding steroid dienone is 8. The first kappa shape index (κ1) is 33.0. The van der Waals surface area contributed by atoms with Crippen LogP contribution < -0.4 is 0 Å². The van der Waals surface area contributed by atoms with Crippen LogP contribution in [0.25, 0.3) is 0 Å². The zero-order valence-electron chi connectivity index (χ0n) is 21.5. The Bertz CT molecular complexity index is 911. The number of phenolic OH excluding ortho intramolecular Hbond substituents is 2. The molecule has 2 nitrogen and oxygen atoms in total. The number of hydrogen-bond acceptors (Lipinski definition) is 2. The van der Waals surface area contributed by atoms with Crippen LogP contribution in [0.2, 0.25) is 13.1 Å². The molecule has 2 aromatic rings. The van der Waals surface area contributed by atoms with Gasteiger partial charge in [-0.15, -0.1) is 12.8 Å². The van der Waals surface area contributed by atoms with E-state index in [1.54, 1.807) is 23.3 Å². The van der Waals surface area contributed by atoms with Gasteiger partial charge >= 0.3 is 41.9 Å². The summed E-state index contributed by atoms with van der Waals surface area (Å²) >= 11 is 1.74. The maximum atomic E-state index is 12.0. The average molecular weight is 574 g/mol. The molecule has 0 unspecified atom stereocenters. The van der Waals surface area contributed by atoms with E-state index in [1.165, 1.54) is 59.7 Å². The third-order valence-corrected chi connectivity index (χ3v) is 4.08. The Labute approximate surface area is 225 Å². The number of rotatable bonds is 0. The average Bonchev–Trinajstić information content (AvgIpc) is 3.47. The van der Waals surface area contributed by atoms with Crippen LogP contribution in [-0.4, -0.2) is 15.6 Å². The first-order valence-electron chi connectivity index (χ1n) is 11.2. The molecule has 0 heterocycles. The summed E-state index contributed by atoms with van der Waals surface area (Å²) in [6.45, 7) is 13.4. The summed E-state index contributed by atoms with van der Waals surface area (Å²) in [4.78, 5) is 0. The fourth-order valence-electron chi connectivity index (χ4n) is 2.28. The molecule has 0 saturated carbocycles. The van der Waals surface area contributed by atoms with Crippen LogP contribution in [0.4, 0.5) is 8.78 Å². The van der Waals surface area contributed by atoms with Crippen molar-refractivity contribution in [2.45, 2.75) is 53.6 Å². The van der Waals surface area contributed by atoms with Crippen LogP contribution >= 0.6 is 0 Å². The van der Waals surface area contributed by atoms with Crippen LogP contribution in [0, 0.1) is 29.2 Å². The molecule has 6 heteroatoms. The number of phenols is 2. The zero-order chi connectivity index (χ0) is 26.9. The van der Waals surface area contributed by atoms with Crippen molar-refractivity contribution in [2.24, 2.45) is 5.41 Å². The van der Waals surface area contributed by atoms with E-state index < -0.39 is 0 Å². The first-order valence-corrected chi connectivity index (χ1v) is 17.4. The van der Waals surface area contributed by atoms with E-state index in [2.05, 4.69) is 71.2 Å².